The Labute approximate surface area is 116 Å². The third-order valence-electron chi connectivity index (χ3n) is 3.99. The molecule has 110 valence electrons. The Morgan fingerprint density at radius 3 is 2.58 bits per heavy atom. The summed E-state index contributed by atoms with van der Waals surface area (Å²) >= 11 is 0. The molecule has 0 spiro atoms. The van der Waals surface area contributed by atoms with Crippen LogP contribution >= 0.6 is 0 Å². The molecule has 1 heterocycles. The zero-order chi connectivity index (χ0) is 13.9. The van der Waals surface area contributed by atoms with Crippen LogP contribution in [0.4, 0.5) is 4.79 Å². The molecule has 1 aliphatic carbocycles. The third kappa shape index (κ3) is 4.68. The summed E-state index contributed by atoms with van der Waals surface area (Å²) in [5.41, 5.74) is -0.399. The molecule has 1 aliphatic heterocycles. The Morgan fingerprint density at radius 2 is 2.00 bits per heavy atom. The number of nitrogens with one attached hydrogen (secondary N) is 1. The maximum atomic E-state index is 12.0. The van der Waals surface area contributed by atoms with Crippen molar-refractivity contribution >= 4 is 6.09 Å². The van der Waals surface area contributed by atoms with Gasteiger partial charge in [-0.25, -0.2) is 4.79 Å². The summed E-state index contributed by atoms with van der Waals surface area (Å²) in [6.45, 7) is 8.49. The van der Waals surface area contributed by atoms with Gasteiger partial charge in [-0.05, 0) is 58.9 Å². The predicted molar refractivity (Wildman–Crippen MR) is 76.2 cm³/mol. The van der Waals surface area contributed by atoms with Gasteiger partial charge in [-0.2, -0.15) is 0 Å². The van der Waals surface area contributed by atoms with E-state index in [1.54, 1.807) is 0 Å². The van der Waals surface area contributed by atoms with E-state index in [2.05, 4.69) is 5.32 Å². The Hall–Kier alpha value is -0.770. The number of hydrogen-bond donors (Lipinski definition) is 1. The molecule has 4 nitrogen and oxygen atoms in total. The second-order valence-electron chi connectivity index (χ2n) is 6.97. The number of nitrogens with zero attached hydrogens (tertiary/aromatic N) is 1. The molecule has 2 aliphatic rings. The van der Waals surface area contributed by atoms with E-state index in [1.807, 2.05) is 25.7 Å². The van der Waals surface area contributed by atoms with Gasteiger partial charge in [0, 0.05) is 19.1 Å². The first-order valence-electron chi connectivity index (χ1n) is 7.65. The normalized spacial score (nSPS) is 25.0. The lowest BCUT2D eigenvalue weighted by atomic mass is 9.85. The van der Waals surface area contributed by atoms with E-state index >= 15 is 0 Å². The van der Waals surface area contributed by atoms with Crippen molar-refractivity contribution in [3.8, 4) is 0 Å². The molecule has 0 bridgehead atoms. The summed E-state index contributed by atoms with van der Waals surface area (Å²) in [4.78, 5) is 13.9. The fourth-order valence-electron chi connectivity index (χ4n) is 2.67. The number of rotatable bonds is 3. The van der Waals surface area contributed by atoms with Crippen molar-refractivity contribution in [2.75, 3.05) is 19.6 Å². The Morgan fingerprint density at radius 1 is 1.26 bits per heavy atom. The van der Waals surface area contributed by atoms with Gasteiger partial charge in [0.15, 0.2) is 0 Å². The second kappa shape index (κ2) is 6.12. The summed E-state index contributed by atoms with van der Waals surface area (Å²) in [5, 5.41) is 3.62. The number of piperidine rings is 1. The molecule has 0 aromatic carbocycles. The SMILES string of the molecule is CC(C)(C)OC(=O)N1CCCC(NCC2CCC2)C1. The number of carbonyl (C=O) groups excluding carboxylic acids is 1. The molecule has 4 heteroatoms. The van der Waals surface area contributed by atoms with E-state index in [9.17, 15) is 4.79 Å². The van der Waals surface area contributed by atoms with Gasteiger partial charge in [0.05, 0.1) is 0 Å². The minimum Gasteiger partial charge on any atom is -0.444 e. The van der Waals surface area contributed by atoms with Gasteiger partial charge in [-0.3, -0.25) is 0 Å². The number of amides is 1. The molecular formula is C15H28N2O2. The Balaban J connectivity index is 1.74. The molecular weight excluding hydrogens is 240 g/mol. The Kier molecular flexibility index (Phi) is 4.71. The molecule has 2 rings (SSSR count). The van der Waals surface area contributed by atoms with Gasteiger partial charge in [0.1, 0.15) is 5.60 Å². The van der Waals surface area contributed by atoms with Crippen LogP contribution in [0.2, 0.25) is 0 Å². The van der Waals surface area contributed by atoms with Crippen molar-refractivity contribution in [2.45, 2.75) is 64.5 Å². The van der Waals surface area contributed by atoms with Gasteiger partial charge in [0.25, 0.3) is 0 Å². The van der Waals surface area contributed by atoms with Crippen LogP contribution in [0.1, 0.15) is 52.9 Å². The average Bonchev–Trinajstić information content (AvgIpc) is 2.25. The molecule has 1 atom stereocenters. The molecule has 19 heavy (non-hydrogen) atoms. The van der Waals surface area contributed by atoms with Crippen molar-refractivity contribution in [3.63, 3.8) is 0 Å². The molecule has 2 fully saturated rings. The van der Waals surface area contributed by atoms with Crippen LogP contribution < -0.4 is 5.32 Å². The molecule has 1 unspecified atom stereocenters. The highest BCUT2D eigenvalue weighted by Gasteiger charge is 2.28. The van der Waals surface area contributed by atoms with Crippen molar-refractivity contribution in [3.05, 3.63) is 0 Å². The van der Waals surface area contributed by atoms with E-state index in [0.29, 0.717) is 6.04 Å². The van der Waals surface area contributed by atoms with Crippen molar-refractivity contribution in [2.24, 2.45) is 5.92 Å². The predicted octanol–water partition coefficient (Wildman–Crippen LogP) is 2.78. The van der Waals surface area contributed by atoms with Crippen LogP contribution in [0.15, 0.2) is 0 Å². The van der Waals surface area contributed by atoms with Gasteiger partial charge in [-0.15, -0.1) is 0 Å². The lowest BCUT2D eigenvalue weighted by Gasteiger charge is -2.36. The van der Waals surface area contributed by atoms with E-state index in [1.165, 1.54) is 25.7 Å². The number of likely N-dealkylation sites (tertiary alicyclic amines) is 1. The molecule has 0 aromatic rings. The van der Waals surface area contributed by atoms with Gasteiger partial charge >= 0.3 is 6.09 Å². The number of carbonyl (C=O) groups is 1. The smallest absolute Gasteiger partial charge is 0.410 e. The monoisotopic (exact) mass is 268 g/mol. The topological polar surface area (TPSA) is 41.6 Å². The molecule has 1 N–H and O–H groups in total. The molecule has 1 saturated carbocycles. The fraction of sp³-hybridized carbons (Fsp3) is 0.933. The van der Waals surface area contributed by atoms with Crippen LogP contribution in [0, 0.1) is 5.92 Å². The fourth-order valence-corrected chi connectivity index (χ4v) is 2.67. The largest absolute Gasteiger partial charge is 0.444 e. The lowest BCUT2D eigenvalue weighted by Crippen LogP contribution is -2.50. The summed E-state index contributed by atoms with van der Waals surface area (Å²) in [7, 11) is 0. The minimum absolute atomic E-state index is 0.164. The number of hydrogen-bond acceptors (Lipinski definition) is 3. The standard InChI is InChI=1S/C15H28N2O2/c1-15(2,3)19-14(18)17-9-5-8-13(11-17)16-10-12-6-4-7-12/h12-13,16H,4-11H2,1-3H3. The first-order valence-corrected chi connectivity index (χ1v) is 7.65. The zero-order valence-corrected chi connectivity index (χ0v) is 12.6. The summed E-state index contributed by atoms with van der Waals surface area (Å²) < 4.78 is 5.44. The van der Waals surface area contributed by atoms with Crippen molar-refractivity contribution in [1.29, 1.82) is 0 Å². The van der Waals surface area contributed by atoms with Gasteiger partial charge in [0.2, 0.25) is 0 Å². The van der Waals surface area contributed by atoms with Crippen LogP contribution in [0.3, 0.4) is 0 Å². The molecule has 1 saturated heterocycles. The summed E-state index contributed by atoms with van der Waals surface area (Å²) in [5.74, 6) is 0.872. The molecule has 0 radical (unpaired) electrons. The molecule has 0 aromatic heterocycles. The van der Waals surface area contributed by atoms with E-state index in [0.717, 1.165) is 32.0 Å². The number of ether oxygens (including phenoxy) is 1. The Bertz CT molecular complexity index is 308. The quantitative estimate of drug-likeness (QED) is 0.855. The van der Waals surface area contributed by atoms with Crippen LogP contribution in [0.25, 0.3) is 0 Å². The lowest BCUT2D eigenvalue weighted by molar-refractivity contribution is 0.0185. The van der Waals surface area contributed by atoms with Crippen LogP contribution in [-0.4, -0.2) is 42.3 Å². The highest BCUT2D eigenvalue weighted by molar-refractivity contribution is 5.68. The maximum absolute atomic E-state index is 12.0. The maximum Gasteiger partial charge on any atom is 0.410 e. The van der Waals surface area contributed by atoms with Crippen LogP contribution in [-0.2, 0) is 4.74 Å². The van der Waals surface area contributed by atoms with E-state index < -0.39 is 5.60 Å². The summed E-state index contributed by atoms with van der Waals surface area (Å²) in [6, 6.07) is 0.446. The van der Waals surface area contributed by atoms with Crippen molar-refractivity contribution < 1.29 is 9.53 Å². The highest BCUT2D eigenvalue weighted by Crippen LogP contribution is 2.25. The van der Waals surface area contributed by atoms with Gasteiger partial charge in [-0.1, -0.05) is 6.42 Å². The molecule has 1 amide bonds. The summed E-state index contributed by atoms with van der Waals surface area (Å²) in [6.07, 6.45) is 6.21. The van der Waals surface area contributed by atoms with Gasteiger partial charge < -0.3 is 15.0 Å². The first-order chi connectivity index (χ1) is 8.94. The van der Waals surface area contributed by atoms with Crippen molar-refractivity contribution in [1.82, 2.24) is 10.2 Å². The average molecular weight is 268 g/mol. The minimum atomic E-state index is -0.399. The van der Waals surface area contributed by atoms with E-state index in [4.69, 9.17) is 4.74 Å². The second-order valence-corrected chi connectivity index (χ2v) is 6.97. The third-order valence-corrected chi connectivity index (χ3v) is 3.99. The highest BCUT2D eigenvalue weighted by atomic mass is 16.6. The van der Waals surface area contributed by atoms with E-state index in [-0.39, 0.29) is 6.09 Å². The van der Waals surface area contributed by atoms with Crippen LogP contribution in [0.5, 0.6) is 0 Å². The first kappa shape index (κ1) is 14.6. The zero-order valence-electron chi connectivity index (χ0n) is 12.6.